The average Bonchev–Trinajstić information content (AvgIpc) is 3.21. The van der Waals surface area contributed by atoms with E-state index in [1.807, 2.05) is 13.0 Å². The number of carbonyl (C=O) groups excluding carboxylic acids is 1. The van der Waals surface area contributed by atoms with E-state index >= 15 is 0 Å². The van der Waals surface area contributed by atoms with E-state index in [0.717, 1.165) is 70.1 Å². The maximum absolute atomic E-state index is 12.5. The number of furan rings is 1. The van der Waals surface area contributed by atoms with Gasteiger partial charge in [0, 0.05) is 25.6 Å². The second kappa shape index (κ2) is 6.76. The van der Waals surface area contributed by atoms with E-state index in [-0.39, 0.29) is 0 Å². The summed E-state index contributed by atoms with van der Waals surface area (Å²) in [6, 6.07) is 4.58. The third-order valence-electron chi connectivity index (χ3n) is 6.59. The van der Waals surface area contributed by atoms with Crippen LogP contribution in [0, 0.1) is 12.3 Å². The first-order valence-electron chi connectivity index (χ1n) is 9.79. The van der Waals surface area contributed by atoms with Crippen LogP contribution >= 0.6 is 0 Å². The van der Waals surface area contributed by atoms with E-state index in [9.17, 15) is 4.79 Å². The number of piperidine rings is 2. The lowest BCUT2D eigenvalue weighted by Gasteiger charge is -2.49. The molecule has 3 fully saturated rings. The fourth-order valence-electron chi connectivity index (χ4n) is 4.93. The van der Waals surface area contributed by atoms with Gasteiger partial charge in [-0.3, -0.25) is 9.69 Å². The molecule has 0 radical (unpaired) electrons. The van der Waals surface area contributed by atoms with Crippen molar-refractivity contribution >= 4 is 5.91 Å². The summed E-state index contributed by atoms with van der Waals surface area (Å²) in [7, 11) is 2.17. The zero-order valence-corrected chi connectivity index (χ0v) is 15.7. The smallest absolute Gasteiger partial charge is 0.222 e. The Balaban J connectivity index is 1.35. The van der Waals surface area contributed by atoms with Crippen LogP contribution in [0.3, 0.4) is 0 Å². The first-order chi connectivity index (χ1) is 12.0. The van der Waals surface area contributed by atoms with Gasteiger partial charge in [0.15, 0.2) is 0 Å². The lowest BCUT2D eigenvalue weighted by Crippen LogP contribution is -2.54. The van der Waals surface area contributed by atoms with E-state index in [0.29, 0.717) is 17.4 Å². The molecule has 1 spiro atoms. The highest BCUT2D eigenvalue weighted by molar-refractivity contribution is 5.77. The fourth-order valence-corrected chi connectivity index (χ4v) is 4.93. The highest BCUT2D eigenvalue weighted by atomic mass is 16.3. The number of nitrogens with zero attached hydrogens (tertiary/aromatic N) is 3. The summed E-state index contributed by atoms with van der Waals surface area (Å²) in [5, 5.41) is 0. The van der Waals surface area contributed by atoms with Gasteiger partial charge in [-0.2, -0.15) is 0 Å². The molecule has 138 valence electrons. The Bertz CT molecular complexity index is 618. The molecule has 3 aliphatic heterocycles. The summed E-state index contributed by atoms with van der Waals surface area (Å²) in [5.74, 6) is 2.45. The number of hydrogen-bond donors (Lipinski definition) is 0. The van der Waals surface area contributed by atoms with Crippen LogP contribution in [0.15, 0.2) is 16.5 Å². The van der Waals surface area contributed by atoms with Gasteiger partial charge in [0.05, 0.1) is 6.54 Å². The summed E-state index contributed by atoms with van der Waals surface area (Å²) >= 11 is 0. The maximum Gasteiger partial charge on any atom is 0.222 e. The molecule has 3 saturated heterocycles. The highest BCUT2D eigenvalue weighted by Crippen LogP contribution is 2.41. The molecule has 4 heterocycles. The van der Waals surface area contributed by atoms with Gasteiger partial charge < -0.3 is 14.2 Å². The molecule has 0 aliphatic carbocycles. The minimum atomic E-state index is 0.352. The summed E-state index contributed by atoms with van der Waals surface area (Å²) < 4.78 is 5.73. The van der Waals surface area contributed by atoms with Crippen molar-refractivity contribution in [2.45, 2.75) is 51.6 Å². The van der Waals surface area contributed by atoms with Crippen LogP contribution < -0.4 is 0 Å². The zero-order valence-electron chi connectivity index (χ0n) is 15.7. The number of carbonyl (C=O) groups is 1. The largest absolute Gasteiger partial charge is 0.465 e. The minimum Gasteiger partial charge on any atom is -0.465 e. The van der Waals surface area contributed by atoms with Crippen LogP contribution in [-0.4, -0.2) is 66.4 Å². The molecule has 0 unspecified atom stereocenters. The van der Waals surface area contributed by atoms with Crippen LogP contribution in [0.25, 0.3) is 0 Å². The number of likely N-dealkylation sites (tertiary alicyclic amines) is 3. The van der Waals surface area contributed by atoms with E-state index in [2.05, 4.69) is 27.8 Å². The Morgan fingerprint density at radius 1 is 1.20 bits per heavy atom. The van der Waals surface area contributed by atoms with Crippen molar-refractivity contribution in [3.8, 4) is 0 Å². The zero-order chi connectivity index (χ0) is 17.4. The van der Waals surface area contributed by atoms with Crippen LogP contribution in [-0.2, 0) is 11.3 Å². The molecular weight excluding hydrogens is 314 g/mol. The second-order valence-electron chi connectivity index (χ2n) is 8.51. The van der Waals surface area contributed by atoms with Crippen LogP contribution in [0.5, 0.6) is 0 Å². The standard InChI is InChI=1S/C20H31N3O2/c1-16-3-4-18(25-16)14-22-11-8-20(9-12-22)7-5-19(24)23(15-20)17-6-10-21(2)13-17/h3-4,17H,5-15H2,1-2H3/t17-/m1/s1. The Kier molecular flexibility index (Phi) is 4.63. The number of aryl methyl sites for hydroxylation is 1. The SMILES string of the molecule is Cc1ccc(CN2CCC3(CCC(=O)N([C@@H]4CCN(C)C4)C3)CC2)o1. The summed E-state index contributed by atoms with van der Waals surface area (Å²) in [5.41, 5.74) is 0.352. The monoisotopic (exact) mass is 345 g/mol. The van der Waals surface area contributed by atoms with Crippen molar-refractivity contribution in [2.24, 2.45) is 5.41 Å². The van der Waals surface area contributed by atoms with Crippen LogP contribution in [0.2, 0.25) is 0 Å². The quantitative estimate of drug-likeness (QED) is 0.844. The van der Waals surface area contributed by atoms with Gasteiger partial charge >= 0.3 is 0 Å². The van der Waals surface area contributed by atoms with Crippen molar-refractivity contribution in [3.05, 3.63) is 23.7 Å². The highest BCUT2D eigenvalue weighted by Gasteiger charge is 2.43. The lowest BCUT2D eigenvalue weighted by molar-refractivity contribution is -0.142. The van der Waals surface area contributed by atoms with Gasteiger partial charge in [0.1, 0.15) is 11.5 Å². The summed E-state index contributed by atoms with van der Waals surface area (Å²) in [6.45, 7) is 8.31. The Morgan fingerprint density at radius 3 is 2.64 bits per heavy atom. The van der Waals surface area contributed by atoms with Crippen molar-refractivity contribution < 1.29 is 9.21 Å². The molecule has 0 bridgehead atoms. The third-order valence-corrected chi connectivity index (χ3v) is 6.59. The van der Waals surface area contributed by atoms with Crippen molar-refractivity contribution in [1.82, 2.24) is 14.7 Å². The number of rotatable bonds is 3. The number of likely N-dealkylation sites (N-methyl/N-ethyl adjacent to an activating group) is 1. The minimum absolute atomic E-state index is 0.352. The maximum atomic E-state index is 12.5. The molecule has 25 heavy (non-hydrogen) atoms. The fraction of sp³-hybridized carbons (Fsp3) is 0.750. The molecule has 0 saturated carbocycles. The molecule has 1 amide bonds. The Morgan fingerprint density at radius 2 is 2.00 bits per heavy atom. The van der Waals surface area contributed by atoms with Gasteiger partial charge in [-0.1, -0.05) is 0 Å². The van der Waals surface area contributed by atoms with E-state index in [4.69, 9.17) is 4.42 Å². The summed E-state index contributed by atoms with van der Waals surface area (Å²) in [4.78, 5) is 19.6. The van der Waals surface area contributed by atoms with Gasteiger partial charge in [0.25, 0.3) is 0 Å². The molecular formula is C20H31N3O2. The predicted molar refractivity (Wildman–Crippen MR) is 97.2 cm³/mol. The first-order valence-corrected chi connectivity index (χ1v) is 9.79. The lowest BCUT2D eigenvalue weighted by atomic mass is 9.72. The molecule has 1 aromatic heterocycles. The average molecular weight is 345 g/mol. The predicted octanol–water partition coefficient (Wildman–Crippen LogP) is 2.50. The third kappa shape index (κ3) is 3.63. The molecule has 5 heteroatoms. The van der Waals surface area contributed by atoms with Gasteiger partial charge in [-0.15, -0.1) is 0 Å². The van der Waals surface area contributed by atoms with Crippen LogP contribution in [0.4, 0.5) is 0 Å². The molecule has 0 N–H and O–H groups in total. The van der Waals surface area contributed by atoms with Crippen molar-refractivity contribution in [2.75, 3.05) is 39.8 Å². The number of amides is 1. The van der Waals surface area contributed by atoms with Crippen molar-refractivity contribution in [1.29, 1.82) is 0 Å². The van der Waals surface area contributed by atoms with Crippen LogP contribution in [0.1, 0.15) is 43.6 Å². The van der Waals surface area contributed by atoms with Gasteiger partial charge in [-0.05, 0) is 76.8 Å². The second-order valence-corrected chi connectivity index (χ2v) is 8.51. The Labute approximate surface area is 150 Å². The number of hydrogen-bond acceptors (Lipinski definition) is 4. The molecule has 1 atom stereocenters. The van der Waals surface area contributed by atoms with E-state index in [1.54, 1.807) is 0 Å². The van der Waals surface area contributed by atoms with E-state index in [1.165, 1.54) is 12.8 Å². The molecule has 5 nitrogen and oxygen atoms in total. The Hall–Kier alpha value is -1.33. The van der Waals surface area contributed by atoms with Gasteiger partial charge in [0.2, 0.25) is 5.91 Å². The van der Waals surface area contributed by atoms with E-state index < -0.39 is 0 Å². The molecule has 0 aromatic carbocycles. The molecule has 3 aliphatic rings. The topological polar surface area (TPSA) is 39.9 Å². The first kappa shape index (κ1) is 17.1. The van der Waals surface area contributed by atoms with Gasteiger partial charge in [-0.25, -0.2) is 0 Å². The summed E-state index contributed by atoms with van der Waals surface area (Å²) in [6.07, 6.45) is 5.39. The van der Waals surface area contributed by atoms with Crippen molar-refractivity contribution in [3.63, 3.8) is 0 Å². The molecule has 1 aromatic rings. The normalized spacial score (nSPS) is 28.2. The molecule has 4 rings (SSSR count).